The van der Waals surface area contributed by atoms with Crippen LogP contribution < -0.4 is 14.5 Å². The number of anilines is 2. The minimum absolute atomic E-state index is 0.0288. The SMILES string of the molecule is O=C1C(=Cc2cc(Cl)ccc2OCc2ccc([N+](=O)[O-])cc2)C(=O)N(c2ccccc2)C(=S)N1c1ccccc1. The molecule has 1 aliphatic heterocycles. The molecule has 0 spiro atoms. The molecule has 10 heteroatoms. The highest BCUT2D eigenvalue weighted by Crippen LogP contribution is 2.32. The van der Waals surface area contributed by atoms with Crippen LogP contribution in [0.4, 0.5) is 17.1 Å². The van der Waals surface area contributed by atoms with Crippen LogP contribution in [0.2, 0.25) is 5.02 Å². The average molecular weight is 570 g/mol. The topological polar surface area (TPSA) is 93.0 Å². The summed E-state index contributed by atoms with van der Waals surface area (Å²) in [6, 6.07) is 28.5. The van der Waals surface area contributed by atoms with E-state index in [1.54, 1.807) is 78.9 Å². The standard InChI is InChI=1S/C30H20ClN3O5S/c31-22-13-16-27(39-19-20-11-14-25(15-12-20)34(37)38)21(17-22)18-26-28(35)32(23-7-3-1-4-8-23)30(40)33(29(26)36)24-9-5-2-6-10-24/h1-18H,19H2. The number of carbonyl (C=O) groups excluding carboxylic acids is 2. The van der Waals surface area contributed by atoms with Crippen LogP contribution in [0.15, 0.2) is 109 Å². The van der Waals surface area contributed by atoms with Crippen molar-refractivity contribution in [1.82, 2.24) is 0 Å². The molecule has 5 rings (SSSR count). The Kier molecular flexibility index (Phi) is 7.68. The lowest BCUT2D eigenvalue weighted by Gasteiger charge is -2.36. The van der Waals surface area contributed by atoms with E-state index in [0.717, 1.165) is 0 Å². The van der Waals surface area contributed by atoms with E-state index in [1.165, 1.54) is 28.0 Å². The van der Waals surface area contributed by atoms with Gasteiger partial charge in [0.05, 0.1) is 16.3 Å². The number of non-ortho nitro benzene ring substituents is 1. The average Bonchev–Trinajstić information content (AvgIpc) is 2.96. The van der Waals surface area contributed by atoms with E-state index in [0.29, 0.717) is 33.3 Å². The van der Waals surface area contributed by atoms with Crippen LogP contribution in [0.5, 0.6) is 5.75 Å². The smallest absolute Gasteiger partial charge is 0.270 e. The maximum atomic E-state index is 13.8. The quantitative estimate of drug-likeness (QED) is 0.0821. The lowest BCUT2D eigenvalue weighted by atomic mass is 10.0. The number of benzene rings is 4. The van der Waals surface area contributed by atoms with Crippen LogP contribution in [-0.4, -0.2) is 21.9 Å². The lowest BCUT2D eigenvalue weighted by molar-refractivity contribution is -0.384. The van der Waals surface area contributed by atoms with Crippen LogP contribution in [0.3, 0.4) is 0 Å². The largest absolute Gasteiger partial charge is 0.488 e. The van der Waals surface area contributed by atoms with Crippen molar-refractivity contribution in [2.24, 2.45) is 0 Å². The molecule has 0 aliphatic carbocycles. The molecule has 2 amide bonds. The number of hydrogen-bond acceptors (Lipinski definition) is 6. The van der Waals surface area contributed by atoms with Gasteiger partial charge < -0.3 is 4.74 Å². The Hall–Kier alpha value is -4.86. The van der Waals surface area contributed by atoms with Crippen LogP contribution in [-0.2, 0) is 16.2 Å². The molecule has 1 fully saturated rings. The Morgan fingerprint density at radius 3 is 1.90 bits per heavy atom. The van der Waals surface area contributed by atoms with E-state index < -0.39 is 16.7 Å². The molecule has 0 saturated carbocycles. The second kappa shape index (κ2) is 11.5. The van der Waals surface area contributed by atoms with E-state index >= 15 is 0 Å². The van der Waals surface area contributed by atoms with Crippen LogP contribution in [0, 0.1) is 10.1 Å². The maximum absolute atomic E-state index is 13.8. The molecule has 0 unspecified atom stereocenters. The molecule has 4 aromatic carbocycles. The molecule has 0 atom stereocenters. The molecule has 1 saturated heterocycles. The predicted molar refractivity (Wildman–Crippen MR) is 157 cm³/mol. The first-order valence-electron chi connectivity index (χ1n) is 12.0. The molecule has 0 radical (unpaired) electrons. The Balaban J connectivity index is 1.54. The molecule has 8 nitrogen and oxygen atoms in total. The summed E-state index contributed by atoms with van der Waals surface area (Å²) in [5.41, 5.74) is 1.96. The number of hydrogen-bond donors (Lipinski definition) is 0. The third-order valence-corrected chi connectivity index (χ3v) is 6.69. The minimum Gasteiger partial charge on any atom is -0.488 e. The zero-order valence-corrected chi connectivity index (χ0v) is 22.3. The van der Waals surface area contributed by atoms with Crippen LogP contribution >= 0.6 is 23.8 Å². The number of nitrogens with zero attached hydrogens (tertiary/aromatic N) is 3. The van der Waals surface area contributed by atoms with Gasteiger partial charge >= 0.3 is 0 Å². The monoisotopic (exact) mass is 569 g/mol. The number of thiocarbonyl (C=S) groups is 1. The molecule has 0 aromatic heterocycles. The third-order valence-electron chi connectivity index (χ3n) is 6.09. The molecular weight excluding hydrogens is 550 g/mol. The molecule has 0 N–H and O–H groups in total. The molecule has 198 valence electrons. The van der Waals surface area contributed by atoms with Gasteiger partial charge in [-0.3, -0.25) is 29.5 Å². The Labute approximate surface area is 239 Å². The van der Waals surface area contributed by atoms with E-state index in [1.807, 2.05) is 12.1 Å². The maximum Gasteiger partial charge on any atom is 0.270 e. The first kappa shape index (κ1) is 26.7. The van der Waals surface area contributed by atoms with E-state index in [4.69, 9.17) is 28.6 Å². The van der Waals surface area contributed by atoms with E-state index in [2.05, 4.69) is 0 Å². The van der Waals surface area contributed by atoms with E-state index in [-0.39, 0.29) is 23.0 Å². The lowest BCUT2D eigenvalue weighted by Crippen LogP contribution is -2.56. The summed E-state index contributed by atoms with van der Waals surface area (Å²) in [6.07, 6.45) is 1.44. The van der Waals surface area contributed by atoms with Gasteiger partial charge in [0.25, 0.3) is 17.5 Å². The number of para-hydroxylation sites is 2. The highest BCUT2D eigenvalue weighted by Gasteiger charge is 2.41. The van der Waals surface area contributed by atoms with Crippen molar-refractivity contribution in [2.75, 3.05) is 9.80 Å². The summed E-state index contributed by atoms with van der Waals surface area (Å²) in [4.78, 5) is 40.7. The molecule has 1 heterocycles. The number of amides is 2. The van der Waals surface area contributed by atoms with Gasteiger partial charge in [0.15, 0.2) is 5.11 Å². The van der Waals surface area contributed by atoms with Crippen molar-refractivity contribution in [1.29, 1.82) is 0 Å². The van der Waals surface area contributed by atoms with Gasteiger partial charge in [0.2, 0.25) is 0 Å². The van der Waals surface area contributed by atoms with Crippen LogP contribution in [0.1, 0.15) is 11.1 Å². The third kappa shape index (κ3) is 5.47. The van der Waals surface area contributed by atoms with Gasteiger partial charge in [-0.2, -0.15) is 0 Å². The molecule has 1 aliphatic rings. The molecule has 0 bridgehead atoms. The fourth-order valence-corrected chi connectivity index (χ4v) is 4.69. The molecule has 4 aromatic rings. The van der Waals surface area contributed by atoms with Gasteiger partial charge in [-0.15, -0.1) is 0 Å². The van der Waals surface area contributed by atoms with Crippen molar-refractivity contribution in [3.63, 3.8) is 0 Å². The molecule has 40 heavy (non-hydrogen) atoms. The summed E-state index contributed by atoms with van der Waals surface area (Å²) >= 11 is 11.9. The fourth-order valence-electron chi connectivity index (χ4n) is 4.13. The summed E-state index contributed by atoms with van der Waals surface area (Å²) in [7, 11) is 0. The van der Waals surface area contributed by atoms with Crippen LogP contribution in [0.25, 0.3) is 6.08 Å². The van der Waals surface area contributed by atoms with Crippen molar-refractivity contribution in [2.45, 2.75) is 6.61 Å². The number of halogens is 1. The predicted octanol–water partition coefficient (Wildman–Crippen LogP) is 6.58. The second-order valence-corrected chi connectivity index (χ2v) is 9.49. The summed E-state index contributed by atoms with van der Waals surface area (Å²) in [5.74, 6) is -0.814. The normalized spacial score (nSPS) is 13.4. The van der Waals surface area contributed by atoms with Crippen molar-refractivity contribution in [3.8, 4) is 5.75 Å². The fraction of sp³-hybridized carbons (Fsp3) is 0.0333. The van der Waals surface area contributed by atoms with Gasteiger partial charge in [-0.1, -0.05) is 48.0 Å². The van der Waals surface area contributed by atoms with Gasteiger partial charge in [-0.05, 0) is 78.5 Å². The zero-order chi connectivity index (χ0) is 28.2. The highest BCUT2D eigenvalue weighted by atomic mass is 35.5. The highest BCUT2D eigenvalue weighted by molar-refractivity contribution is 7.81. The summed E-state index contributed by atoms with van der Waals surface area (Å²) < 4.78 is 5.99. The minimum atomic E-state index is -0.588. The van der Waals surface area contributed by atoms with Crippen molar-refractivity contribution < 1.29 is 19.2 Å². The zero-order valence-electron chi connectivity index (χ0n) is 20.8. The number of nitro groups is 1. The van der Waals surface area contributed by atoms with Crippen molar-refractivity contribution >= 4 is 63.9 Å². The van der Waals surface area contributed by atoms with Gasteiger partial charge in [-0.25, -0.2) is 0 Å². The number of carbonyl (C=O) groups is 2. The Morgan fingerprint density at radius 1 is 0.825 bits per heavy atom. The summed E-state index contributed by atoms with van der Waals surface area (Å²) in [5, 5.41) is 11.4. The molecular formula is C30H20ClN3O5S. The number of nitro benzene ring substituents is 1. The van der Waals surface area contributed by atoms with Gasteiger partial charge in [0, 0.05) is 22.7 Å². The second-order valence-electron chi connectivity index (χ2n) is 8.69. The van der Waals surface area contributed by atoms with E-state index in [9.17, 15) is 19.7 Å². The first-order valence-corrected chi connectivity index (χ1v) is 12.8. The van der Waals surface area contributed by atoms with Crippen molar-refractivity contribution in [3.05, 3.63) is 135 Å². The van der Waals surface area contributed by atoms with Gasteiger partial charge in [0.1, 0.15) is 17.9 Å². The summed E-state index contributed by atoms with van der Waals surface area (Å²) in [6.45, 7) is 0.0913. The first-order chi connectivity index (χ1) is 19.3. The Bertz CT molecular complexity index is 1580. The Morgan fingerprint density at radius 2 is 1.38 bits per heavy atom. The number of rotatable bonds is 7. The number of ether oxygens (including phenoxy) is 1.